The number of aryl methyl sites for hydroxylation is 1. The maximum atomic E-state index is 12.0. The molecule has 1 aliphatic heterocycles. The second-order valence-corrected chi connectivity index (χ2v) is 5.90. The summed E-state index contributed by atoms with van der Waals surface area (Å²) in [6.07, 6.45) is -1.27. The van der Waals surface area contributed by atoms with Crippen LogP contribution >= 0.6 is 0 Å². The summed E-state index contributed by atoms with van der Waals surface area (Å²) in [5, 5.41) is 9.61. The summed E-state index contributed by atoms with van der Waals surface area (Å²) in [6, 6.07) is 6.40. The molecule has 0 aromatic heterocycles. The number of rotatable bonds is 3. The number of hydrogen-bond acceptors (Lipinski definition) is 5. The van der Waals surface area contributed by atoms with Gasteiger partial charge in [0.1, 0.15) is 12.2 Å². The smallest absolute Gasteiger partial charge is 0.297 e. The molecule has 100 valence electrons. The quantitative estimate of drug-likeness (QED) is 0.826. The molecular formula is C12H16O5S. The van der Waals surface area contributed by atoms with Crippen LogP contribution in [0.4, 0.5) is 0 Å². The van der Waals surface area contributed by atoms with E-state index in [2.05, 4.69) is 0 Å². The molecule has 0 radical (unpaired) electrons. The highest BCUT2D eigenvalue weighted by Crippen LogP contribution is 2.20. The molecule has 0 spiro atoms. The molecule has 0 saturated carbocycles. The van der Waals surface area contributed by atoms with Gasteiger partial charge in [0.15, 0.2) is 0 Å². The zero-order valence-corrected chi connectivity index (χ0v) is 10.9. The lowest BCUT2D eigenvalue weighted by molar-refractivity contribution is -0.0730. The van der Waals surface area contributed by atoms with E-state index >= 15 is 0 Å². The fourth-order valence-electron chi connectivity index (χ4n) is 1.74. The summed E-state index contributed by atoms with van der Waals surface area (Å²) in [7, 11) is -3.83. The van der Waals surface area contributed by atoms with Crippen molar-refractivity contribution >= 4 is 10.1 Å². The van der Waals surface area contributed by atoms with Crippen molar-refractivity contribution in [3.63, 3.8) is 0 Å². The zero-order valence-electron chi connectivity index (χ0n) is 10.1. The topological polar surface area (TPSA) is 72.8 Å². The second kappa shape index (κ2) is 5.36. The number of aliphatic hydroxyl groups is 1. The Morgan fingerprint density at radius 1 is 1.33 bits per heavy atom. The molecule has 6 heteroatoms. The van der Waals surface area contributed by atoms with Crippen molar-refractivity contribution in [2.45, 2.75) is 30.4 Å². The number of ether oxygens (including phenoxy) is 1. The first kappa shape index (κ1) is 13.5. The number of aliphatic hydroxyl groups excluding tert-OH is 1. The molecule has 1 aromatic carbocycles. The van der Waals surface area contributed by atoms with Crippen LogP contribution in [0, 0.1) is 6.92 Å². The fourth-order valence-corrected chi connectivity index (χ4v) is 2.87. The second-order valence-electron chi connectivity index (χ2n) is 4.33. The van der Waals surface area contributed by atoms with Gasteiger partial charge in [-0.1, -0.05) is 17.7 Å². The Morgan fingerprint density at radius 2 is 2.00 bits per heavy atom. The van der Waals surface area contributed by atoms with Crippen molar-refractivity contribution in [2.24, 2.45) is 0 Å². The minimum Gasteiger partial charge on any atom is -0.388 e. The molecule has 2 atom stereocenters. The highest BCUT2D eigenvalue weighted by Gasteiger charge is 2.30. The summed E-state index contributed by atoms with van der Waals surface area (Å²) in [6.45, 7) is 2.37. The van der Waals surface area contributed by atoms with Gasteiger partial charge >= 0.3 is 0 Å². The Kier molecular flexibility index (Phi) is 4.01. The Hall–Kier alpha value is -0.950. The van der Waals surface area contributed by atoms with E-state index in [0.717, 1.165) is 5.56 Å². The Morgan fingerprint density at radius 3 is 2.61 bits per heavy atom. The molecule has 0 amide bonds. The number of hydrogen-bond donors (Lipinski definition) is 1. The van der Waals surface area contributed by atoms with Crippen LogP contribution in [-0.2, 0) is 19.0 Å². The lowest BCUT2D eigenvalue weighted by atomic mass is 10.1. The van der Waals surface area contributed by atoms with E-state index < -0.39 is 22.3 Å². The average molecular weight is 272 g/mol. The molecule has 5 nitrogen and oxygen atoms in total. The van der Waals surface area contributed by atoms with Gasteiger partial charge in [-0.05, 0) is 19.1 Å². The molecule has 1 aromatic rings. The molecule has 1 N–H and O–H groups in total. The van der Waals surface area contributed by atoms with Gasteiger partial charge in [-0.2, -0.15) is 8.42 Å². The molecule has 0 aliphatic carbocycles. The molecular weight excluding hydrogens is 256 g/mol. The predicted octanol–water partition coefficient (Wildman–Crippen LogP) is 0.850. The largest absolute Gasteiger partial charge is 0.388 e. The lowest BCUT2D eigenvalue weighted by Crippen LogP contribution is -2.39. The van der Waals surface area contributed by atoms with E-state index in [-0.39, 0.29) is 11.5 Å². The normalized spacial score (nSPS) is 25.0. The Balaban J connectivity index is 2.13. The number of benzene rings is 1. The van der Waals surface area contributed by atoms with Crippen LogP contribution in [0.15, 0.2) is 29.2 Å². The Bertz CT molecular complexity index is 494. The Labute approximate surface area is 106 Å². The summed E-state index contributed by atoms with van der Waals surface area (Å²) in [5.74, 6) is 0. The minimum atomic E-state index is -3.83. The summed E-state index contributed by atoms with van der Waals surface area (Å²) < 4.78 is 34.0. The van der Waals surface area contributed by atoms with Crippen LogP contribution in [-0.4, -0.2) is 38.9 Å². The standard InChI is InChI=1S/C12H16O5S/c1-9-2-4-10(5-3-9)18(14,15)17-12-6-7-16-8-11(12)13/h2-5,11-13H,6-8H2,1H3. The van der Waals surface area contributed by atoms with Crippen LogP contribution < -0.4 is 0 Å². The van der Waals surface area contributed by atoms with Crippen molar-refractivity contribution in [2.75, 3.05) is 13.2 Å². The summed E-state index contributed by atoms with van der Waals surface area (Å²) >= 11 is 0. The molecule has 0 bridgehead atoms. The van der Waals surface area contributed by atoms with Gasteiger partial charge in [0.05, 0.1) is 11.5 Å². The third-order valence-electron chi connectivity index (χ3n) is 2.82. The summed E-state index contributed by atoms with van der Waals surface area (Å²) in [4.78, 5) is 0.104. The van der Waals surface area contributed by atoms with Crippen molar-refractivity contribution < 1.29 is 22.4 Å². The average Bonchev–Trinajstić information content (AvgIpc) is 2.32. The molecule has 1 heterocycles. The van der Waals surface area contributed by atoms with Crippen molar-refractivity contribution in [1.82, 2.24) is 0 Å². The third kappa shape index (κ3) is 3.08. The third-order valence-corrected chi connectivity index (χ3v) is 4.17. The predicted molar refractivity (Wildman–Crippen MR) is 64.7 cm³/mol. The summed E-state index contributed by atoms with van der Waals surface area (Å²) in [5.41, 5.74) is 0.972. The lowest BCUT2D eigenvalue weighted by Gasteiger charge is -2.26. The van der Waals surface area contributed by atoms with E-state index in [4.69, 9.17) is 8.92 Å². The van der Waals surface area contributed by atoms with Crippen molar-refractivity contribution in [3.8, 4) is 0 Å². The highest BCUT2D eigenvalue weighted by molar-refractivity contribution is 7.86. The van der Waals surface area contributed by atoms with Crippen molar-refractivity contribution in [3.05, 3.63) is 29.8 Å². The van der Waals surface area contributed by atoms with Crippen LogP contribution in [0.25, 0.3) is 0 Å². The van der Waals surface area contributed by atoms with Crippen LogP contribution in [0.5, 0.6) is 0 Å². The van der Waals surface area contributed by atoms with Crippen LogP contribution in [0.1, 0.15) is 12.0 Å². The van der Waals surface area contributed by atoms with Gasteiger partial charge in [-0.3, -0.25) is 4.18 Å². The van der Waals surface area contributed by atoms with E-state index in [1.807, 2.05) is 6.92 Å². The van der Waals surface area contributed by atoms with Gasteiger partial charge in [0.2, 0.25) is 0 Å². The minimum absolute atomic E-state index is 0.104. The van der Waals surface area contributed by atoms with E-state index in [1.54, 1.807) is 12.1 Å². The van der Waals surface area contributed by atoms with Gasteiger partial charge < -0.3 is 9.84 Å². The maximum Gasteiger partial charge on any atom is 0.297 e. The zero-order chi connectivity index (χ0) is 13.2. The van der Waals surface area contributed by atoms with E-state index in [9.17, 15) is 13.5 Å². The monoisotopic (exact) mass is 272 g/mol. The molecule has 2 rings (SSSR count). The van der Waals surface area contributed by atoms with Gasteiger partial charge in [0.25, 0.3) is 10.1 Å². The van der Waals surface area contributed by atoms with E-state index in [1.165, 1.54) is 12.1 Å². The molecule has 18 heavy (non-hydrogen) atoms. The molecule has 1 fully saturated rings. The van der Waals surface area contributed by atoms with E-state index in [0.29, 0.717) is 13.0 Å². The molecule has 1 aliphatic rings. The fraction of sp³-hybridized carbons (Fsp3) is 0.500. The van der Waals surface area contributed by atoms with Gasteiger partial charge in [0, 0.05) is 13.0 Å². The van der Waals surface area contributed by atoms with Crippen LogP contribution in [0.3, 0.4) is 0 Å². The highest BCUT2D eigenvalue weighted by atomic mass is 32.2. The molecule has 2 unspecified atom stereocenters. The first-order valence-electron chi connectivity index (χ1n) is 5.75. The van der Waals surface area contributed by atoms with Crippen LogP contribution in [0.2, 0.25) is 0 Å². The first-order chi connectivity index (χ1) is 8.49. The van der Waals surface area contributed by atoms with Crippen molar-refractivity contribution in [1.29, 1.82) is 0 Å². The molecule has 1 saturated heterocycles. The van der Waals surface area contributed by atoms with Gasteiger partial charge in [-0.15, -0.1) is 0 Å². The maximum absolute atomic E-state index is 12.0. The van der Waals surface area contributed by atoms with Gasteiger partial charge in [-0.25, -0.2) is 0 Å². The SMILES string of the molecule is Cc1ccc(S(=O)(=O)OC2CCOCC2O)cc1. The first-order valence-corrected chi connectivity index (χ1v) is 7.15.